The Hall–Kier alpha value is -2.86. The van der Waals surface area contributed by atoms with Crippen molar-refractivity contribution >= 4 is 22.4 Å². The smallest absolute Gasteiger partial charge is 0.217 e. The fraction of sp³-hybridized carbons (Fsp3) is 0.304. The molecule has 0 spiro atoms. The van der Waals surface area contributed by atoms with E-state index in [1.165, 1.54) is 5.56 Å². The zero-order valence-corrected chi connectivity index (χ0v) is 17.9. The van der Waals surface area contributed by atoms with Crippen LogP contribution in [0.15, 0.2) is 53.9 Å². The van der Waals surface area contributed by atoms with Crippen LogP contribution in [0.3, 0.4) is 0 Å². The molecule has 0 aliphatic rings. The van der Waals surface area contributed by atoms with Crippen LogP contribution in [-0.4, -0.2) is 24.0 Å². The maximum absolute atomic E-state index is 11.1. The van der Waals surface area contributed by atoms with Crippen LogP contribution in [0.25, 0.3) is 11.3 Å². The van der Waals surface area contributed by atoms with E-state index in [2.05, 4.69) is 40.3 Å². The van der Waals surface area contributed by atoms with Gasteiger partial charge in [-0.15, -0.1) is 11.3 Å². The summed E-state index contributed by atoms with van der Waals surface area (Å²) in [4.78, 5) is 15.8. The van der Waals surface area contributed by atoms with Crippen LogP contribution in [0.1, 0.15) is 31.4 Å². The number of amides is 1. The number of methoxy groups -OCH3 is 1. The molecule has 152 valence electrons. The highest BCUT2D eigenvalue weighted by Crippen LogP contribution is 2.26. The average Bonchev–Trinajstić information content (AvgIpc) is 3.20. The quantitative estimate of drug-likeness (QED) is 0.528. The fourth-order valence-corrected chi connectivity index (χ4v) is 3.87. The van der Waals surface area contributed by atoms with Crippen LogP contribution < -0.4 is 15.4 Å². The Balaban J connectivity index is 1.56. The summed E-state index contributed by atoms with van der Waals surface area (Å²) in [5.74, 6) is 0.895. The molecule has 1 atom stereocenters. The molecule has 2 aromatic carbocycles. The minimum absolute atomic E-state index is 0.0199. The maximum atomic E-state index is 11.1. The minimum Gasteiger partial charge on any atom is -0.496 e. The number of hydrogen-bond acceptors (Lipinski definition) is 5. The molecule has 0 saturated heterocycles. The van der Waals surface area contributed by atoms with E-state index in [1.807, 2.05) is 31.2 Å². The Morgan fingerprint density at radius 2 is 1.93 bits per heavy atom. The second-order valence-electron chi connectivity index (χ2n) is 7.04. The lowest BCUT2D eigenvalue weighted by atomic mass is 10.0. The number of hydrogen-bond donors (Lipinski definition) is 2. The molecule has 0 bridgehead atoms. The van der Waals surface area contributed by atoms with E-state index in [4.69, 9.17) is 9.72 Å². The van der Waals surface area contributed by atoms with Crippen molar-refractivity contribution in [2.45, 2.75) is 39.3 Å². The third kappa shape index (κ3) is 6.06. The number of anilines is 1. The predicted octanol–water partition coefficient (Wildman–Crippen LogP) is 4.89. The molecular weight excluding hydrogens is 382 g/mol. The van der Waals surface area contributed by atoms with Gasteiger partial charge in [-0.2, -0.15) is 0 Å². The standard InChI is InChI=1S/C23H27N3O2S/c1-16(25-17(2)27)8-9-18-10-12-19(13-11-18)21-15-29-23(26-21)24-14-20-6-4-5-7-22(20)28-3/h4-7,10-13,15-16H,8-9,14H2,1-3H3,(H,24,26)(H,25,27)/t16-/m1/s1. The van der Waals surface area contributed by atoms with E-state index in [1.54, 1.807) is 25.4 Å². The summed E-state index contributed by atoms with van der Waals surface area (Å²) in [6.07, 6.45) is 1.86. The van der Waals surface area contributed by atoms with Gasteiger partial charge in [0, 0.05) is 36.0 Å². The first-order valence-electron chi connectivity index (χ1n) is 9.73. The van der Waals surface area contributed by atoms with Crippen molar-refractivity contribution in [2.24, 2.45) is 0 Å². The second kappa shape index (κ2) is 10.1. The Morgan fingerprint density at radius 3 is 2.66 bits per heavy atom. The molecule has 2 N–H and O–H groups in total. The number of ether oxygens (including phenoxy) is 1. The Kier molecular flexibility index (Phi) is 7.25. The van der Waals surface area contributed by atoms with Gasteiger partial charge in [0.25, 0.3) is 0 Å². The lowest BCUT2D eigenvalue weighted by molar-refractivity contribution is -0.119. The number of nitrogens with one attached hydrogen (secondary N) is 2. The number of nitrogens with zero attached hydrogens (tertiary/aromatic N) is 1. The summed E-state index contributed by atoms with van der Waals surface area (Å²) in [6, 6.07) is 16.7. The van der Waals surface area contributed by atoms with Gasteiger partial charge in [0.05, 0.1) is 12.8 Å². The molecule has 1 heterocycles. The number of carbonyl (C=O) groups excluding carboxylic acids is 1. The zero-order valence-electron chi connectivity index (χ0n) is 17.1. The van der Waals surface area contributed by atoms with E-state index >= 15 is 0 Å². The minimum atomic E-state index is 0.0199. The van der Waals surface area contributed by atoms with Gasteiger partial charge in [0.1, 0.15) is 5.75 Å². The number of aryl methyl sites for hydroxylation is 1. The zero-order chi connectivity index (χ0) is 20.6. The Labute approximate surface area is 176 Å². The van der Waals surface area contributed by atoms with Gasteiger partial charge in [0.15, 0.2) is 5.13 Å². The summed E-state index contributed by atoms with van der Waals surface area (Å²) in [5, 5.41) is 9.26. The van der Waals surface area contributed by atoms with Gasteiger partial charge in [-0.1, -0.05) is 42.5 Å². The maximum Gasteiger partial charge on any atom is 0.217 e. The molecule has 3 rings (SSSR count). The molecule has 0 fully saturated rings. The van der Waals surface area contributed by atoms with Gasteiger partial charge in [-0.05, 0) is 31.4 Å². The SMILES string of the molecule is COc1ccccc1CNc1nc(-c2ccc(CC[C@@H](C)NC(C)=O)cc2)cs1. The van der Waals surface area contributed by atoms with Crippen molar-refractivity contribution in [3.8, 4) is 17.0 Å². The number of aromatic nitrogens is 1. The van der Waals surface area contributed by atoms with Gasteiger partial charge in [-0.3, -0.25) is 4.79 Å². The highest BCUT2D eigenvalue weighted by Gasteiger charge is 2.08. The van der Waals surface area contributed by atoms with Crippen molar-refractivity contribution in [3.05, 3.63) is 65.0 Å². The third-order valence-electron chi connectivity index (χ3n) is 4.69. The first-order valence-corrected chi connectivity index (χ1v) is 10.6. The molecule has 3 aromatic rings. The number of benzene rings is 2. The molecule has 0 saturated carbocycles. The Morgan fingerprint density at radius 1 is 1.17 bits per heavy atom. The van der Waals surface area contributed by atoms with Gasteiger partial charge >= 0.3 is 0 Å². The van der Waals surface area contributed by atoms with Gasteiger partial charge in [-0.25, -0.2) is 4.98 Å². The van der Waals surface area contributed by atoms with E-state index in [-0.39, 0.29) is 11.9 Å². The van der Waals surface area contributed by atoms with Crippen LogP contribution in [-0.2, 0) is 17.8 Å². The molecule has 0 aliphatic carbocycles. The van der Waals surface area contributed by atoms with Crippen molar-refractivity contribution in [1.82, 2.24) is 10.3 Å². The third-order valence-corrected chi connectivity index (χ3v) is 5.49. The summed E-state index contributed by atoms with van der Waals surface area (Å²) >= 11 is 1.60. The van der Waals surface area contributed by atoms with Gasteiger partial charge < -0.3 is 15.4 Å². The lowest BCUT2D eigenvalue weighted by Crippen LogP contribution is -2.30. The van der Waals surface area contributed by atoms with Crippen molar-refractivity contribution in [2.75, 3.05) is 12.4 Å². The summed E-state index contributed by atoms with van der Waals surface area (Å²) in [5.41, 5.74) is 4.43. The molecule has 29 heavy (non-hydrogen) atoms. The van der Waals surface area contributed by atoms with E-state index in [0.29, 0.717) is 6.54 Å². The molecule has 0 unspecified atom stereocenters. The largest absolute Gasteiger partial charge is 0.496 e. The average molecular weight is 410 g/mol. The molecule has 1 amide bonds. The first-order chi connectivity index (χ1) is 14.0. The first kappa shape index (κ1) is 20.9. The predicted molar refractivity (Wildman–Crippen MR) is 119 cm³/mol. The van der Waals surface area contributed by atoms with Gasteiger partial charge in [0.2, 0.25) is 5.91 Å². The Bertz CT molecular complexity index is 937. The fourth-order valence-electron chi connectivity index (χ4n) is 3.15. The highest BCUT2D eigenvalue weighted by molar-refractivity contribution is 7.14. The molecule has 1 aromatic heterocycles. The highest BCUT2D eigenvalue weighted by atomic mass is 32.1. The lowest BCUT2D eigenvalue weighted by Gasteiger charge is -2.12. The number of para-hydroxylation sites is 1. The van der Waals surface area contributed by atoms with Crippen molar-refractivity contribution < 1.29 is 9.53 Å². The van der Waals surface area contributed by atoms with Crippen LogP contribution in [0, 0.1) is 0 Å². The van der Waals surface area contributed by atoms with Crippen LogP contribution >= 0.6 is 11.3 Å². The van der Waals surface area contributed by atoms with Crippen molar-refractivity contribution in [3.63, 3.8) is 0 Å². The molecule has 6 heteroatoms. The molecule has 0 radical (unpaired) electrons. The number of rotatable bonds is 9. The normalized spacial score (nSPS) is 11.7. The number of carbonyl (C=O) groups is 1. The summed E-state index contributed by atoms with van der Waals surface area (Å²) in [6.45, 7) is 4.26. The van der Waals surface area contributed by atoms with E-state index in [0.717, 1.165) is 40.5 Å². The molecular formula is C23H27N3O2S. The summed E-state index contributed by atoms with van der Waals surface area (Å²) in [7, 11) is 1.69. The van der Waals surface area contributed by atoms with E-state index < -0.39 is 0 Å². The monoisotopic (exact) mass is 409 g/mol. The van der Waals surface area contributed by atoms with Crippen LogP contribution in [0.2, 0.25) is 0 Å². The second-order valence-corrected chi connectivity index (χ2v) is 7.90. The van der Waals surface area contributed by atoms with E-state index in [9.17, 15) is 4.79 Å². The van der Waals surface area contributed by atoms with Crippen LogP contribution in [0.5, 0.6) is 5.75 Å². The topological polar surface area (TPSA) is 63.2 Å². The number of thiazole rings is 1. The molecule has 5 nitrogen and oxygen atoms in total. The van der Waals surface area contributed by atoms with Crippen LogP contribution in [0.4, 0.5) is 5.13 Å². The van der Waals surface area contributed by atoms with Crippen molar-refractivity contribution in [1.29, 1.82) is 0 Å². The molecule has 0 aliphatic heterocycles. The summed E-state index contributed by atoms with van der Waals surface area (Å²) < 4.78 is 5.40.